The van der Waals surface area contributed by atoms with Crippen molar-refractivity contribution in [1.29, 1.82) is 0 Å². The quantitative estimate of drug-likeness (QED) is 0.755. The van der Waals surface area contributed by atoms with Crippen molar-refractivity contribution in [3.05, 3.63) is 35.9 Å². The molecule has 148 valence electrons. The standard InChI is InChI=1S/C19H28N4O3S/c1-14(2)18-21-17(12-22(18)4)27(24,25)23-10-7-16(8-11-23)13-26-19-15(3)6-5-9-20-19/h5-6,9,12,14,16H,7-8,10-11,13H2,1-4H3. The Morgan fingerprint density at radius 3 is 2.59 bits per heavy atom. The Hall–Kier alpha value is -1.93. The number of rotatable bonds is 6. The molecule has 0 spiro atoms. The fourth-order valence-electron chi connectivity index (χ4n) is 3.38. The van der Waals surface area contributed by atoms with Crippen LogP contribution < -0.4 is 4.74 Å². The van der Waals surface area contributed by atoms with Crippen LogP contribution in [0.1, 0.15) is 44.0 Å². The van der Waals surface area contributed by atoms with E-state index in [1.54, 1.807) is 21.3 Å². The molecule has 8 heteroatoms. The first kappa shape index (κ1) is 19.8. The number of imidazole rings is 1. The number of aromatic nitrogens is 3. The Labute approximate surface area is 161 Å². The summed E-state index contributed by atoms with van der Waals surface area (Å²) in [5.74, 6) is 1.94. The van der Waals surface area contributed by atoms with E-state index in [1.165, 1.54) is 0 Å². The van der Waals surface area contributed by atoms with E-state index in [2.05, 4.69) is 9.97 Å². The van der Waals surface area contributed by atoms with E-state index in [0.717, 1.165) is 24.2 Å². The fourth-order valence-corrected chi connectivity index (χ4v) is 4.84. The van der Waals surface area contributed by atoms with Crippen LogP contribution in [0.5, 0.6) is 5.88 Å². The van der Waals surface area contributed by atoms with E-state index in [9.17, 15) is 8.42 Å². The molecule has 0 amide bonds. The van der Waals surface area contributed by atoms with Crippen molar-refractivity contribution >= 4 is 10.0 Å². The van der Waals surface area contributed by atoms with Crippen LogP contribution in [-0.4, -0.2) is 47.0 Å². The van der Waals surface area contributed by atoms with E-state index in [-0.39, 0.29) is 10.9 Å². The molecule has 27 heavy (non-hydrogen) atoms. The molecule has 7 nitrogen and oxygen atoms in total. The summed E-state index contributed by atoms with van der Waals surface area (Å²) in [5, 5.41) is 0.146. The molecule has 1 aliphatic heterocycles. The minimum absolute atomic E-state index is 0.146. The van der Waals surface area contributed by atoms with Gasteiger partial charge in [-0.2, -0.15) is 4.31 Å². The van der Waals surface area contributed by atoms with Crippen LogP contribution in [0.3, 0.4) is 0 Å². The second-order valence-corrected chi connectivity index (χ2v) is 9.37. The highest BCUT2D eigenvalue weighted by Gasteiger charge is 2.32. The molecule has 2 aromatic heterocycles. The van der Waals surface area contributed by atoms with Gasteiger partial charge in [-0.15, -0.1) is 0 Å². The number of aryl methyl sites for hydroxylation is 2. The van der Waals surface area contributed by atoms with Crippen LogP contribution >= 0.6 is 0 Å². The van der Waals surface area contributed by atoms with Crippen LogP contribution in [-0.2, 0) is 17.1 Å². The molecule has 0 radical (unpaired) electrons. The third-order valence-electron chi connectivity index (χ3n) is 5.00. The molecular weight excluding hydrogens is 364 g/mol. The molecule has 3 rings (SSSR count). The lowest BCUT2D eigenvalue weighted by Crippen LogP contribution is -2.39. The first-order valence-electron chi connectivity index (χ1n) is 9.37. The Kier molecular flexibility index (Phi) is 5.86. The molecule has 1 aliphatic rings. The van der Waals surface area contributed by atoms with Crippen molar-refractivity contribution in [3.63, 3.8) is 0 Å². The molecule has 0 aliphatic carbocycles. The van der Waals surface area contributed by atoms with Gasteiger partial charge in [-0.05, 0) is 31.7 Å². The van der Waals surface area contributed by atoms with Crippen molar-refractivity contribution in [2.24, 2.45) is 13.0 Å². The molecule has 0 atom stereocenters. The summed E-state index contributed by atoms with van der Waals surface area (Å²) < 4.78 is 35.0. The van der Waals surface area contributed by atoms with Gasteiger partial charge in [-0.3, -0.25) is 0 Å². The predicted octanol–water partition coefficient (Wildman–Crippen LogP) is 2.73. The maximum Gasteiger partial charge on any atom is 0.262 e. The highest BCUT2D eigenvalue weighted by atomic mass is 32.2. The molecular formula is C19H28N4O3S. The SMILES string of the molecule is Cc1cccnc1OCC1CCN(S(=O)(=O)c2cn(C)c(C(C)C)n2)CC1. The van der Waals surface area contributed by atoms with Gasteiger partial charge in [0.15, 0.2) is 5.03 Å². The number of hydrogen-bond donors (Lipinski definition) is 0. The minimum atomic E-state index is -3.55. The van der Waals surface area contributed by atoms with Gasteiger partial charge < -0.3 is 9.30 Å². The van der Waals surface area contributed by atoms with Crippen LogP contribution in [0.15, 0.2) is 29.6 Å². The lowest BCUT2D eigenvalue weighted by molar-refractivity contribution is 0.180. The van der Waals surface area contributed by atoms with Crippen molar-refractivity contribution < 1.29 is 13.2 Å². The molecule has 0 unspecified atom stereocenters. The predicted molar refractivity (Wildman–Crippen MR) is 103 cm³/mol. The van der Waals surface area contributed by atoms with Crippen molar-refractivity contribution in [2.75, 3.05) is 19.7 Å². The number of pyridine rings is 1. The van der Waals surface area contributed by atoms with E-state index in [1.807, 2.05) is 40.0 Å². The normalized spacial score (nSPS) is 16.8. The molecule has 0 aromatic carbocycles. The fraction of sp³-hybridized carbons (Fsp3) is 0.579. The Morgan fingerprint density at radius 2 is 2.00 bits per heavy atom. The summed E-state index contributed by atoms with van der Waals surface area (Å²) in [4.78, 5) is 8.60. The summed E-state index contributed by atoms with van der Waals surface area (Å²) in [6.07, 6.45) is 4.88. The van der Waals surface area contributed by atoms with Gasteiger partial charge in [0.05, 0.1) is 6.61 Å². The van der Waals surface area contributed by atoms with Crippen molar-refractivity contribution in [1.82, 2.24) is 18.8 Å². The molecule has 0 N–H and O–H groups in total. The molecule has 1 fully saturated rings. The Bertz CT molecular complexity index is 884. The van der Waals surface area contributed by atoms with Crippen LogP contribution in [0, 0.1) is 12.8 Å². The van der Waals surface area contributed by atoms with Crippen LogP contribution in [0.25, 0.3) is 0 Å². The van der Waals surface area contributed by atoms with E-state index < -0.39 is 10.0 Å². The summed E-state index contributed by atoms with van der Waals surface area (Å²) in [7, 11) is -1.71. The van der Waals surface area contributed by atoms with Gasteiger partial charge in [-0.1, -0.05) is 19.9 Å². The zero-order valence-corrected chi connectivity index (χ0v) is 17.2. The number of ether oxygens (including phenoxy) is 1. The van der Waals surface area contributed by atoms with Gasteiger partial charge in [0, 0.05) is 44.0 Å². The second kappa shape index (κ2) is 7.98. The summed E-state index contributed by atoms with van der Waals surface area (Å²) >= 11 is 0. The highest BCUT2D eigenvalue weighted by Crippen LogP contribution is 2.25. The molecule has 3 heterocycles. The maximum atomic E-state index is 12.9. The van der Waals surface area contributed by atoms with Gasteiger partial charge in [0.1, 0.15) is 5.82 Å². The second-order valence-electron chi connectivity index (χ2n) is 7.49. The van der Waals surface area contributed by atoms with Crippen molar-refractivity contribution in [2.45, 2.75) is 44.6 Å². The van der Waals surface area contributed by atoms with E-state index >= 15 is 0 Å². The lowest BCUT2D eigenvalue weighted by atomic mass is 9.99. The van der Waals surface area contributed by atoms with Gasteiger partial charge in [-0.25, -0.2) is 18.4 Å². The van der Waals surface area contributed by atoms with Gasteiger partial charge in [0.2, 0.25) is 5.88 Å². The smallest absolute Gasteiger partial charge is 0.262 e. The molecule has 0 saturated carbocycles. The van der Waals surface area contributed by atoms with E-state index in [4.69, 9.17) is 4.74 Å². The topological polar surface area (TPSA) is 77.3 Å². The third-order valence-corrected chi connectivity index (χ3v) is 6.77. The number of sulfonamides is 1. The summed E-state index contributed by atoms with van der Waals surface area (Å²) in [6, 6.07) is 3.85. The minimum Gasteiger partial charge on any atom is -0.477 e. The van der Waals surface area contributed by atoms with Crippen LogP contribution in [0.2, 0.25) is 0 Å². The average molecular weight is 393 g/mol. The average Bonchev–Trinajstić information content (AvgIpc) is 3.04. The molecule has 1 saturated heterocycles. The van der Waals surface area contributed by atoms with Gasteiger partial charge >= 0.3 is 0 Å². The number of piperidine rings is 1. The van der Waals surface area contributed by atoms with E-state index in [0.29, 0.717) is 31.5 Å². The van der Waals surface area contributed by atoms with Crippen molar-refractivity contribution in [3.8, 4) is 5.88 Å². The summed E-state index contributed by atoms with van der Waals surface area (Å²) in [6.45, 7) is 7.53. The molecule has 2 aromatic rings. The Balaban J connectivity index is 1.59. The Morgan fingerprint density at radius 1 is 1.30 bits per heavy atom. The molecule has 0 bridgehead atoms. The zero-order valence-electron chi connectivity index (χ0n) is 16.4. The van der Waals surface area contributed by atoms with Gasteiger partial charge in [0.25, 0.3) is 10.0 Å². The maximum absolute atomic E-state index is 12.9. The zero-order chi connectivity index (χ0) is 19.6. The largest absolute Gasteiger partial charge is 0.477 e. The monoisotopic (exact) mass is 392 g/mol. The third kappa shape index (κ3) is 4.32. The highest BCUT2D eigenvalue weighted by molar-refractivity contribution is 7.89. The number of nitrogens with zero attached hydrogens (tertiary/aromatic N) is 4. The summed E-state index contributed by atoms with van der Waals surface area (Å²) in [5.41, 5.74) is 1.01. The lowest BCUT2D eigenvalue weighted by Gasteiger charge is -2.30. The first-order valence-corrected chi connectivity index (χ1v) is 10.8. The van der Waals surface area contributed by atoms with Crippen LogP contribution in [0.4, 0.5) is 0 Å². The first-order chi connectivity index (χ1) is 12.8. The number of hydrogen-bond acceptors (Lipinski definition) is 5.